The second-order valence-electron chi connectivity index (χ2n) is 7.39. The molecule has 2 heterocycles. The highest BCUT2D eigenvalue weighted by atomic mass is 35.5. The molecule has 8 heteroatoms. The number of aromatic nitrogens is 4. The molecule has 0 spiro atoms. The monoisotopic (exact) mass is 454 g/mol. The van der Waals surface area contributed by atoms with Crippen molar-refractivity contribution < 1.29 is 0 Å². The highest BCUT2D eigenvalue weighted by Crippen LogP contribution is 2.28. The Bertz CT molecular complexity index is 1340. The van der Waals surface area contributed by atoms with Crippen molar-refractivity contribution in [3.05, 3.63) is 91.6 Å². The van der Waals surface area contributed by atoms with Gasteiger partial charge in [0.25, 0.3) is 5.56 Å². The fourth-order valence-electron chi connectivity index (χ4n) is 3.59. The van der Waals surface area contributed by atoms with Gasteiger partial charge in [-0.15, -0.1) is 0 Å². The Morgan fingerprint density at radius 2 is 1.68 bits per heavy atom. The third-order valence-electron chi connectivity index (χ3n) is 5.32. The van der Waals surface area contributed by atoms with Gasteiger partial charge in [0.05, 0.1) is 0 Å². The van der Waals surface area contributed by atoms with E-state index in [0.717, 1.165) is 23.0 Å². The van der Waals surface area contributed by atoms with E-state index in [1.54, 1.807) is 7.05 Å². The number of aryl methyl sites for hydroxylation is 3. The first-order valence-electron chi connectivity index (χ1n) is 10.0. The van der Waals surface area contributed by atoms with Crippen LogP contribution in [0.3, 0.4) is 0 Å². The maximum absolute atomic E-state index is 13.0. The summed E-state index contributed by atoms with van der Waals surface area (Å²) in [6.45, 7) is 0.629. The molecule has 0 N–H and O–H groups in total. The van der Waals surface area contributed by atoms with E-state index in [-0.39, 0.29) is 11.2 Å². The molecule has 0 saturated heterocycles. The van der Waals surface area contributed by atoms with E-state index in [0.29, 0.717) is 33.6 Å². The minimum absolute atomic E-state index is 0.324. The van der Waals surface area contributed by atoms with Gasteiger partial charge in [-0.2, -0.15) is 0 Å². The lowest BCUT2D eigenvalue weighted by Crippen LogP contribution is -2.37. The van der Waals surface area contributed by atoms with Gasteiger partial charge in [-0.05, 0) is 30.0 Å². The zero-order chi connectivity index (χ0) is 22.0. The summed E-state index contributed by atoms with van der Waals surface area (Å²) in [5, 5.41) is 1.41. The van der Waals surface area contributed by atoms with Gasteiger partial charge in [0, 0.05) is 31.4 Å². The van der Waals surface area contributed by atoms with E-state index < -0.39 is 0 Å². The van der Waals surface area contributed by atoms with Gasteiger partial charge < -0.3 is 4.57 Å². The third-order valence-corrected chi connectivity index (χ3v) is 6.71. The molecule has 0 radical (unpaired) electrons. The Morgan fingerprint density at radius 3 is 2.42 bits per heavy atom. The number of thioether (sulfide) groups is 1. The standard InChI is InChI=1S/C23H23ClN4O2S/c1-26-20-19(21(29)27(2)23(26)30)28(14-8-11-16-9-4-3-5-10-16)22(25-20)31-15-17-12-6-7-13-18(17)24/h3-7,9-10,12-13H,8,11,14-15H2,1-2H3. The van der Waals surface area contributed by atoms with Crippen LogP contribution in [-0.4, -0.2) is 18.7 Å². The van der Waals surface area contributed by atoms with Crippen molar-refractivity contribution in [2.24, 2.45) is 14.1 Å². The summed E-state index contributed by atoms with van der Waals surface area (Å²) >= 11 is 7.83. The molecule has 31 heavy (non-hydrogen) atoms. The number of fused-ring (bicyclic) bond motifs is 1. The normalized spacial score (nSPS) is 11.3. The van der Waals surface area contributed by atoms with E-state index in [1.807, 2.05) is 47.0 Å². The maximum atomic E-state index is 13.0. The molecule has 0 aliphatic carbocycles. The largest absolute Gasteiger partial charge is 0.332 e. The smallest absolute Gasteiger partial charge is 0.313 e. The van der Waals surface area contributed by atoms with Crippen molar-refractivity contribution in [2.75, 3.05) is 0 Å². The van der Waals surface area contributed by atoms with Crippen LogP contribution in [-0.2, 0) is 32.8 Å². The predicted octanol–water partition coefficient (Wildman–Crippen LogP) is 4.01. The molecule has 2 aromatic heterocycles. The SMILES string of the molecule is Cn1c(=O)c2c(nc(SCc3ccccc3Cl)n2CCCc2ccccc2)n(C)c1=O. The van der Waals surface area contributed by atoms with Crippen LogP contribution in [0.1, 0.15) is 17.5 Å². The van der Waals surface area contributed by atoms with E-state index in [4.69, 9.17) is 11.6 Å². The Hall–Kier alpha value is -2.77. The highest BCUT2D eigenvalue weighted by molar-refractivity contribution is 7.98. The lowest BCUT2D eigenvalue weighted by atomic mass is 10.1. The fraction of sp³-hybridized carbons (Fsp3) is 0.261. The van der Waals surface area contributed by atoms with Gasteiger partial charge >= 0.3 is 5.69 Å². The van der Waals surface area contributed by atoms with Crippen LogP contribution >= 0.6 is 23.4 Å². The number of halogens is 1. The van der Waals surface area contributed by atoms with E-state index in [9.17, 15) is 9.59 Å². The first kappa shape index (κ1) is 21.5. The van der Waals surface area contributed by atoms with Crippen LogP contribution in [0.5, 0.6) is 0 Å². The van der Waals surface area contributed by atoms with Crippen LogP contribution in [0.25, 0.3) is 11.2 Å². The van der Waals surface area contributed by atoms with E-state index in [1.165, 1.54) is 28.9 Å². The number of hydrogen-bond donors (Lipinski definition) is 0. The zero-order valence-corrected chi connectivity index (χ0v) is 19.0. The summed E-state index contributed by atoms with van der Waals surface area (Å²) in [5.74, 6) is 0.621. The Balaban J connectivity index is 1.71. The summed E-state index contributed by atoms with van der Waals surface area (Å²) in [6.07, 6.45) is 1.74. The van der Waals surface area contributed by atoms with Crippen LogP contribution in [0.4, 0.5) is 0 Å². The van der Waals surface area contributed by atoms with Crippen molar-refractivity contribution in [3.8, 4) is 0 Å². The molecule has 2 aromatic carbocycles. The van der Waals surface area contributed by atoms with Gasteiger partial charge in [-0.3, -0.25) is 13.9 Å². The average Bonchev–Trinajstić information content (AvgIpc) is 3.15. The molecular weight excluding hydrogens is 432 g/mol. The molecule has 0 fully saturated rings. The van der Waals surface area contributed by atoms with Gasteiger partial charge in [0.2, 0.25) is 0 Å². The first-order chi connectivity index (χ1) is 15.0. The number of rotatable bonds is 7. The molecule has 0 amide bonds. The summed E-state index contributed by atoms with van der Waals surface area (Å²) in [6, 6.07) is 17.9. The molecular formula is C23H23ClN4O2S. The fourth-order valence-corrected chi connectivity index (χ4v) is 4.90. The van der Waals surface area contributed by atoms with Gasteiger partial charge in [0.1, 0.15) is 0 Å². The molecule has 0 bridgehead atoms. The maximum Gasteiger partial charge on any atom is 0.332 e. The number of hydrogen-bond acceptors (Lipinski definition) is 4. The molecule has 6 nitrogen and oxygen atoms in total. The molecule has 4 aromatic rings. The second-order valence-corrected chi connectivity index (χ2v) is 8.74. The predicted molar refractivity (Wildman–Crippen MR) is 126 cm³/mol. The van der Waals surface area contributed by atoms with Crippen molar-refractivity contribution in [3.63, 3.8) is 0 Å². The van der Waals surface area contributed by atoms with Crippen LogP contribution in [0.2, 0.25) is 5.02 Å². The van der Waals surface area contributed by atoms with Crippen molar-refractivity contribution in [2.45, 2.75) is 30.3 Å². The van der Waals surface area contributed by atoms with Crippen LogP contribution in [0.15, 0.2) is 69.3 Å². The Morgan fingerprint density at radius 1 is 0.968 bits per heavy atom. The van der Waals surface area contributed by atoms with Gasteiger partial charge in [-0.1, -0.05) is 71.9 Å². The molecule has 0 aliphatic rings. The second kappa shape index (κ2) is 9.16. The van der Waals surface area contributed by atoms with Gasteiger partial charge in [-0.25, -0.2) is 9.78 Å². The lowest BCUT2D eigenvalue weighted by Gasteiger charge is -2.10. The summed E-state index contributed by atoms with van der Waals surface area (Å²) in [7, 11) is 3.15. The topological polar surface area (TPSA) is 61.8 Å². The minimum Gasteiger partial charge on any atom is -0.313 e. The molecule has 0 saturated carbocycles. The van der Waals surface area contributed by atoms with Crippen molar-refractivity contribution in [1.29, 1.82) is 0 Å². The molecule has 0 unspecified atom stereocenters. The van der Waals surface area contributed by atoms with E-state index >= 15 is 0 Å². The number of nitrogens with zero attached hydrogens (tertiary/aromatic N) is 4. The zero-order valence-electron chi connectivity index (χ0n) is 17.4. The van der Waals surface area contributed by atoms with Crippen LogP contribution in [0, 0.1) is 0 Å². The quantitative estimate of drug-likeness (QED) is 0.396. The highest BCUT2D eigenvalue weighted by Gasteiger charge is 2.19. The summed E-state index contributed by atoms with van der Waals surface area (Å²) in [5.41, 5.74) is 2.41. The number of imidazole rings is 1. The Kier molecular flexibility index (Phi) is 6.34. The molecule has 160 valence electrons. The lowest BCUT2D eigenvalue weighted by molar-refractivity contribution is 0.605. The van der Waals surface area contributed by atoms with Gasteiger partial charge in [0.15, 0.2) is 16.3 Å². The molecule has 0 aliphatic heterocycles. The average molecular weight is 455 g/mol. The van der Waals surface area contributed by atoms with Crippen LogP contribution < -0.4 is 11.2 Å². The van der Waals surface area contributed by atoms with Crippen molar-refractivity contribution >= 4 is 34.5 Å². The van der Waals surface area contributed by atoms with Crippen molar-refractivity contribution in [1.82, 2.24) is 18.7 Å². The van der Waals surface area contributed by atoms with E-state index in [2.05, 4.69) is 17.1 Å². The summed E-state index contributed by atoms with van der Waals surface area (Å²) < 4.78 is 4.52. The molecule has 0 atom stereocenters. The Labute approximate surface area is 189 Å². The third kappa shape index (κ3) is 4.34. The number of benzene rings is 2. The summed E-state index contributed by atoms with van der Waals surface area (Å²) in [4.78, 5) is 30.0. The first-order valence-corrected chi connectivity index (χ1v) is 11.4. The molecule has 4 rings (SSSR count). The minimum atomic E-state index is -0.380.